The monoisotopic (exact) mass is 387 g/mol. The van der Waals surface area contributed by atoms with Crippen LogP contribution in [-0.4, -0.2) is 27.7 Å². The molecule has 0 aliphatic rings. The Bertz CT molecular complexity index is 1000. The maximum atomic E-state index is 13.1. The van der Waals surface area contributed by atoms with E-state index in [-0.39, 0.29) is 29.2 Å². The van der Waals surface area contributed by atoms with Crippen LogP contribution < -0.4 is 5.32 Å². The fourth-order valence-electron chi connectivity index (χ4n) is 3.01. The summed E-state index contributed by atoms with van der Waals surface area (Å²) in [7, 11) is 0. The topological polar surface area (TPSA) is 62.3 Å². The normalized spacial score (nSPS) is 10.6. The lowest BCUT2D eigenvalue weighted by atomic mass is 10.1. The molecule has 0 aliphatic carbocycles. The van der Waals surface area contributed by atoms with Crippen molar-refractivity contribution in [3.63, 3.8) is 0 Å². The summed E-state index contributed by atoms with van der Waals surface area (Å²) in [6.07, 6.45) is 0. The largest absolute Gasteiger partial charge is 0.331 e. The van der Waals surface area contributed by atoms with E-state index in [1.54, 1.807) is 23.1 Å². The highest BCUT2D eigenvalue weighted by atomic mass is 16.2. The van der Waals surface area contributed by atoms with E-state index in [1.165, 1.54) is 0 Å². The van der Waals surface area contributed by atoms with E-state index in [0.29, 0.717) is 12.2 Å². The van der Waals surface area contributed by atoms with Crippen LogP contribution in [0.3, 0.4) is 0 Å². The lowest BCUT2D eigenvalue weighted by molar-refractivity contribution is 0.0684. The molecule has 0 saturated carbocycles. The number of nitrogens with zero attached hydrogens (tertiary/aromatic N) is 2. The molecule has 1 N–H and O–H groups in total. The number of aromatic nitrogens is 1. The van der Waals surface area contributed by atoms with E-state index in [2.05, 4.69) is 10.3 Å². The zero-order valence-corrected chi connectivity index (χ0v) is 16.9. The molecular weight excluding hydrogens is 362 g/mol. The Morgan fingerprint density at radius 3 is 2.31 bits per heavy atom. The maximum absolute atomic E-state index is 13.1. The first-order valence-corrected chi connectivity index (χ1v) is 9.64. The first-order valence-electron chi connectivity index (χ1n) is 9.64. The lowest BCUT2D eigenvalue weighted by Gasteiger charge is -2.26. The second-order valence-corrected chi connectivity index (χ2v) is 7.24. The molecule has 0 aliphatic heterocycles. The summed E-state index contributed by atoms with van der Waals surface area (Å²) in [6.45, 7) is 6.38. The number of hydrogen-bond acceptors (Lipinski definition) is 3. The third-order valence-electron chi connectivity index (χ3n) is 4.56. The highest BCUT2D eigenvalue weighted by molar-refractivity contribution is 6.03. The van der Waals surface area contributed by atoms with Crippen LogP contribution >= 0.6 is 0 Å². The summed E-state index contributed by atoms with van der Waals surface area (Å²) >= 11 is 0. The van der Waals surface area contributed by atoms with Gasteiger partial charge in [-0.2, -0.15) is 0 Å². The predicted octanol–water partition coefficient (Wildman–Crippen LogP) is 4.69. The number of aryl methyl sites for hydroxylation is 1. The minimum atomic E-state index is -0.343. The Kier molecular flexibility index (Phi) is 6.39. The first kappa shape index (κ1) is 20.3. The van der Waals surface area contributed by atoms with Gasteiger partial charge in [-0.25, -0.2) is 4.98 Å². The van der Waals surface area contributed by atoms with E-state index in [9.17, 15) is 9.59 Å². The van der Waals surface area contributed by atoms with Gasteiger partial charge in [0.2, 0.25) is 0 Å². The van der Waals surface area contributed by atoms with Gasteiger partial charge in [0.1, 0.15) is 11.4 Å². The van der Waals surface area contributed by atoms with Crippen LogP contribution in [0.5, 0.6) is 0 Å². The van der Waals surface area contributed by atoms with Crippen molar-refractivity contribution in [2.45, 2.75) is 33.4 Å². The number of carbonyl (C=O) groups excluding carboxylic acids is 2. The number of pyridine rings is 1. The van der Waals surface area contributed by atoms with Gasteiger partial charge >= 0.3 is 0 Å². The molecule has 0 radical (unpaired) electrons. The molecule has 1 heterocycles. The summed E-state index contributed by atoms with van der Waals surface area (Å²) in [6, 6.07) is 22.3. The highest BCUT2D eigenvalue weighted by Gasteiger charge is 2.21. The second-order valence-electron chi connectivity index (χ2n) is 7.24. The molecule has 2 amide bonds. The molecule has 0 fully saturated rings. The van der Waals surface area contributed by atoms with Crippen LogP contribution in [0, 0.1) is 6.92 Å². The Labute approximate surface area is 171 Å². The Balaban J connectivity index is 1.79. The first-order chi connectivity index (χ1) is 13.9. The summed E-state index contributed by atoms with van der Waals surface area (Å²) in [5, 5.41) is 2.83. The van der Waals surface area contributed by atoms with Gasteiger partial charge < -0.3 is 10.2 Å². The van der Waals surface area contributed by atoms with E-state index in [4.69, 9.17) is 0 Å². The zero-order valence-electron chi connectivity index (χ0n) is 16.9. The van der Waals surface area contributed by atoms with E-state index in [1.807, 2.05) is 75.4 Å². The molecule has 0 atom stereocenters. The van der Waals surface area contributed by atoms with Crippen molar-refractivity contribution in [3.05, 3.63) is 95.3 Å². The molecule has 0 bridgehead atoms. The SMILES string of the molecule is Cc1cccc(NC(=O)c2cccc(C(=O)N(Cc3ccccc3)C(C)C)n2)c1. The Morgan fingerprint density at radius 2 is 1.62 bits per heavy atom. The quantitative estimate of drug-likeness (QED) is 0.667. The minimum absolute atomic E-state index is 0.00529. The fraction of sp³-hybridized carbons (Fsp3) is 0.208. The summed E-state index contributed by atoms with van der Waals surface area (Å²) in [4.78, 5) is 31.8. The van der Waals surface area contributed by atoms with E-state index < -0.39 is 0 Å². The average molecular weight is 387 g/mol. The van der Waals surface area contributed by atoms with Gasteiger partial charge in [-0.3, -0.25) is 9.59 Å². The summed E-state index contributed by atoms with van der Waals surface area (Å²) in [5.74, 6) is -0.543. The van der Waals surface area contributed by atoms with Crippen LogP contribution in [0.25, 0.3) is 0 Å². The molecule has 2 aromatic carbocycles. The number of carbonyl (C=O) groups is 2. The van der Waals surface area contributed by atoms with Gasteiger partial charge in [-0.15, -0.1) is 0 Å². The molecule has 148 valence electrons. The lowest BCUT2D eigenvalue weighted by Crippen LogP contribution is -2.37. The van der Waals surface area contributed by atoms with Gasteiger partial charge in [0.25, 0.3) is 11.8 Å². The molecule has 0 unspecified atom stereocenters. The average Bonchev–Trinajstić information content (AvgIpc) is 2.72. The molecule has 3 rings (SSSR count). The van der Waals surface area contributed by atoms with Crippen LogP contribution in [-0.2, 0) is 6.54 Å². The molecule has 5 nitrogen and oxygen atoms in total. The Hall–Kier alpha value is -3.47. The molecule has 29 heavy (non-hydrogen) atoms. The van der Waals surface area contributed by atoms with Crippen molar-refractivity contribution in [1.29, 1.82) is 0 Å². The number of nitrogens with one attached hydrogen (secondary N) is 1. The van der Waals surface area contributed by atoms with Gasteiger partial charge in [0.05, 0.1) is 0 Å². The summed E-state index contributed by atoms with van der Waals surface area (Å²) in [5.41, 5.74) is 3.25. The van der Waals surface area contributed by atoms with Gasteiger partial charge in [0, 0.05) is 18.3 Å². The smallest absolute Gasteiger partial charge is 0.274 e. The zero-order chi connectivity index (χ0) is 20.8. The molecule has 0 spiro atoms. The number of hydrogen-bond donors (Lipinski definition) is 1. The van der Waals surface area contributed by atoms with Crippen LogP contribution in [0.1, 0.15) is 46.0 Å². The highest BCUT2D eigenvalue weighted by Crippen LogP contribution is 2.14. The summed E-state index contributed by atoms with van der Waals surface area (Å²) < 4.78 is 0. The number of anilines is 1. The fourth-order valence-corrected chi connectivity index (χ4v) is 3.01. The van der Waals surface area contributed by atoms with Crippen molar-refractivity contribution in [2.75, 3.05) is 5.32 Å². The number of rotatable bonds is 6. The minimum Gasteiger partial charge on any atom is -0.331 e. The van der Waals surface area contributed by atoms with Crippen LogP contribution in [0.4, 0.5) is 5.69 Å². The Morgan fingerprint density at radius 1 is 0.931 bits per heavy atom. The van der Waals surface area contributed by atoms with E-state index >= 15 is 0 Å². The third kappa shape index (κ3) is 5.29. The molecule has 0 saturated heterocycles. The van der Waals surface area contributed by atoms with Crippen molar-refractivity contribution in [3.8, 4) is 0 Å². The van der Waals surface area contributed by atoms with Crippen molar-refractivity contribution < 1.29 is 9.59 Å². The van der Waals surface area contributed by atoms with E-state index in [0.717, 1.165) is 11.1 Å². The van der Waals surface area contributed by atoms with Gasteiger partial charge in [-0.1, -0.05) is 48.5 Å². The van der Waals surface area contributed by atoms with Crippen molar-refractivity contribution in [2.24, 2.45) is 0 Å². The standard InChI is InChI=1S/C24H25N3O2/c1-17(2)27(16-19-10-5-4-6-11-19)24(29)22-14-8-13-21(26-22)23(28)25-20-12-7-9-18(3)15-20/h4-15,17H,16H2,1-3H3,(H,25,28). The molecule has 3 aromatic rings. The predicted molar refractivity (Wildman–Crippen MR) is 115 cm³/mol. The molecule has 5 heteroatoms. The number of benzene rings is 2. The van der Waals surface area contributed by atoms with Crippen LogP contribution in [0.15, 0.2) is 72.8 Å². The number of amides is 2. The van der Waals surface area contributed by atoms with Crippen molar-refractivity contribution >= 4 is 17.5 Å². The third-order valence-corrected chi connectivity index (χ3v) is 4.56. The van der Waals surface area contributed by atoms with Gasteiger partial charge in [-0.05, 0) is 56.2 Å². The van der Waals surface area contributed by atoms with Crippen molar-refractivity contribution in [1.82, 2.24) is 9.88 Å². The molecule has 1 aromatic heterocycles. The second kappa shape index (κ2) is 9.15. The maximum Gasteiger partial charge on any atom is 0.274 e. The molecular formula is C24H25N3O2. The van der Waals surface area contributed by atoms with Crippen LogP contribution in [0.2, 0.25) is 0 Å². The van der Waals surface area contributed by atoms with Gasteiger partial charge in [0.15, 0.2) is 0 Å².